The van der Waals surface area contributed by atoms with Crippen molar-refractivity contribution < 1.29 is 0 Å². The topological polar surface area (TPSA) is 38.0 Å². The Labute approximate surface area is 91.9 Å². The number of nitrogens with one attached hydrogen (secondary N) is 1. The number of anilines is 1. The van der Waals surface area contributed by atoms with E-state index in [2.05, 4.69) is 37.4 Å². The molecular formula is C13H20N2. The first-order chi connectivity index (χ1) is 7.22. The van der Waals surface area contributed by atoms with Crippen molar-refractivity contribution in [2.24, 2.45) is 11.7 Å². The predicted molar refractivity (Wildman–Crippen MR) is 65.1 cm³/mol. The Kier molecular flexibility index (Phi) is 2.96. The number of aryl methyl sites for hydroxylation is 1. The quantitative estimate of drug-likeness (QED) is 0.793. The highest BCUT2D eigenvalue weighted by atomic mass is 15.0. The maximum Gasteiger partial charge on any atom is 0.0405 e. The van der Waals surface area contributed by atoms with Gasteiger partial charge in [-0.25, -0.2) is 0 Å². The average Bonchev–Trinajstić information content (AvgIpc) is 2.63. The van der Waals surface area contributed by atoms with Crippen LogP contribution in [0.1, 0.15) is 24.5 Å². The Balaban J connectivity index is 2.12. The van der Waals surface area contributed by atoms with Crippen molar-refractivity contribution in [3.05, 3.63) is 29.3 Å². The first kappa shape index (κ1) is 10.5. The number of fused-ring (bicyclic) bond motifs is 1. The molecule has 0 spiro atoms. The largest absolute Gasteiger partial charge is 0.381 e. The van der Waals surface area contributed by atoms with E-state index in [0.29, 0.717) is 12.0 Å². The lowest BCUT2D eigenvalue weighted by Gasteiger charge is -2.19. The van der Waals surface area contributed by atoms with Gasteiger partial charge in [-0.1, -0.05) is 25.1 Å². The molecule has 0 aromatic heterocycles. The first-order valence-corrected chi connectivity index (χ1v) is 5.77. The second-order valence-electron chi connectivity index (χ2n) is 4.62. The molecule has 0 fully saturated rings. The Bertz CT molecular complexity index is 346. The molecule has 0 radical (unpaired) electrons. The van der Waals surface area contributed by atoms with Crippen molar-refractivity contribution >= 4 is 5.69 Å². The van der Waals surface area contributed by atoms with Crippen LogP contribution >= 0.6 is 0 Å². The van der Waals surface area contributed by atoms with Gasteiger partial charge in [-0.05, 0) is 43.4 Å². The van der Waals surface area contributed by atoms with Crippen LogP contribution in [0.15, 0.2) is 18.2 Å². The Morgan fingerprint density at radius 3 is 3.00 bits per heavy atom. The minimum Gasteiger partial charge on any atom is -0.381 e. The van der Waals surface area contributed by atoms with Gasteiger partial charge < -0.3 is 11.1 Å². The van der Waals surface area contributed by atoms with E-state index < -0.39 is 0 Å². The Hall–Kier alpha value is -1.02. The summed E-state index contributed by atoms with van der Waals surface area (Å²) < 4.78 is 0. The highest BCUT2D eigenvalue weighted by molar-refractivity contribution is 5.61. The van der Waals surface area contributed by atoms with Crippen molar-refractivity contribution in [1.82, 2.24) is 0 Å². The molecule has 1 aromatic rings. The summed E-state index contributed by atoms with van der Waals surface area (Å²) in [5.41, 5.74) is 9.78. The van der Waals surface area contributed by atoms with E-state index in [4.69, 9.17) is 5.73 Å². The van der Waals surface area contributed by atoms with Crippen LogP contribution in [0.25, 0.3) is 0 Å². The number of rotatable bonds is 3. The van der Waals surface area contributed by atoms with Crippen molar-refractivity contribution in [2.75, 3.05) is 11.9 Å². The lowest BCUT2D eigenvalue weighted by molar-refractivity contribution is 0.464. The lowest BCUT2D eigenvalue weighted by atomic mass is 9.95. The average molecular weight is 204 g/mol. The maximum absolute atomic E-state index is 5.60. The fourth-order valence-electron chi connectivity index (χ4n) is 2.39. The van der Waals surface area contributed by atoms with Crippen LogP contribution in [-0.2, 0) is 6.42 Å². The van der Waals surface area contributed by atoms with Gasteiger partial charge in [0.25, 0.3) is 0 Å². The number of benzene rings is 1. The van der Waals surface area contributed by atoms with E-state index in [0.717, 1.165) is 19.4 Å². The molecule has 2 unspecified atom stereocenters. The molecule has 1 aliphatic heterocycles. The van der Waals surface area contributed by atoms with Gasteiger partial charge in [-0.2, -0.15) is 0 Å². The zero-order chi connectivity index (χ0) is 10.8. The summed E-state index contributed by atoms with van der Waals surface area (Å²) in [5, 5.41) is 3.63. The highest BCUT2D eigenvalue weighted by Gasteiger charge is 2.25. The summed E-state index contributed by atoms with van der Waals surface area (Å²) in [6, 6.07) is 7.11. The zero-order valence-electron chi connectivity index (χ0n) is 9.59. The molecule has 0 aliphatic carbocycles. The summed E-state index contributed by atoms with van der Waals surface area (Å²) in [4.78, 5) is 0. The highest BCUT2D eigenvalue weighted by Crippen LogP contribution is 2.32. The minimum absolute atomic E-state index is 0.574. The molecule has 1 heterocycles. The summed E-state index contributed by atoms with van der Waals surface area (Å²) in [6.45, 7) is 5.24. The SMILES string of the molecule is Cc1cccc2c1NC(C(C)CCN)C2. The summed E-state index contributed by atoms with van der Waals surface area (Å²) >= 11 is 0. The van der Waals surface area contributed by atoms with E-state index in [9.17, 15) is 0 Å². The molecule has 1 aliphatic rings. The van der Waals surface area contributed by atoms with Crippen molar-refractivity contribution in [1.29, 1.82) is 0 Å². The van der Waals surface area contributed by atoms with Gasteiger partial charge in [-0.3, -0.25) is 0 Å². The number of nitrogens with two attached hydrogens (primary N) is 1. The van der Waals surface area contributed by atoms with E-state index in [-0.39, 0.29) is 0 Å². The van der Waals surface area contributed by atoms with Crippen LogP contribution in [-0.4, -0.2) is 12.6 Å². The second kappa shape index (κ2) is 4.23. The van der Waals surface area contributed by atoms with Crippen LogP contribution in [0.3, 0.4) is 0 Å². The van der Waals surface area contributed by atoms with Crippen molar-refractivity contribution in [2.45, 2.75) is 32.7 Å². The molecule has 2 heteroatoms. The predicted octanol–water partition coefficient (Wildman–Crippen LogP) is 2.32. The third-order valence-electron chi connectivity index (χ3n) is 3.44. The molecule has 15 heavy (non-hydrogen) atoms. The molecular weight excluding hydrogens is 184 g/mol. The van der Waals surface area contributed by atoms with Crippen molar-refractivity contribution in [3.63, 3.8) is 0 Å². The minimum atomic E-state index is 0.574. The van der Waals surface area contributed by atoms with Crippen LogP contribution in [0, 0.1) is 12.8 Å². The van der Waals surface area contributed by atoms with Gasteiger partial charge in [0.1, 0.15) is 0 Å². The first-order valence-electron chi connectivity index (χ1n) is 5.77. The molecule has 0 bridgehead atoms. The van der Waals surface area contributed by atoms with Crippen LogP contribution in [0.4, 0.5) is 5.69 Å². The van der Waals surface area contributed by atoms with Gasteiger partial charge in [0, 0.05) is 11.7 Å². The molecule has 0 saturated carbocycles. The monoisotopic (exact) mass is 204 g/mol. The Morgan fingerprint density at radius 1 is 1.53 bits per heavy atom. The number of hydrogen-bond donors (Lipinski definition) is 2. The third kappa shape index (κ3) is 2.00. The van der Waals surface area contributed by atoms with Gasteiger partial charge in [0.2, 0.25) is 0 Å². The fraction of sp³-hybridized carbons (Fsp3) is 0.538. The molecule has 2 nitrogen and oxygen atoms in total. The van der Waals surface area contributed by atoms with Crippen LogP contribution in [0.2, 0.25) is 0 Å². The molecule has 0 amide bonds. The van der Waals surface area contributed by atoms with Gasteiger partial charge in [0.15, 0.2) is 0 Å². The van der Waals surface area contributed by atoms with Gasteiger partial charge in [-0.15, -0.1) is 0 Å². The standard InChI is InChI=1S/C13H20N2/c1-9(6-7-14)12-8-11-5-3-4-10(2)13(11)15-12/h3-5,9,12,15H,6-8,14H2,1-2H3. The van der Waals surface area contributed by atoms with Crippen molar-refractivity contribution in [3.8, 4) is 0 Å². The normalized spacial score (nSPS) is 20.9. The number of hydrogen-bond acceptors (Lipinski definition) is 2. The zero-order valence-corrected chi connectivity index (χ0v) is 9.59. The van der Waals surface area contributed by atoms with E-state index in [1.165, 1.54) is 16.8 Å². The molecule has 82 valence electrons. The molecule has 0 saturated heterocycles. The fourth-order valence-corrected chi connectivity index (χ4v) is 2.39. The van der Waals surface area contributed by atoms with Gasteiger partial charge in [0.05, 0.1) is 0 Å². The molecule has 1 aromatic carbocycles. The Morgan fingerprint density at radius 2 is 2.33 bits per heavy atom. The van der Waals surface area contributed by atoms with Gasteiger partial charge >= 0.3 is 0 Å². The maximum atomic E-state index is 5.60. The summed E-state index contributed by atoms with van der Waals surface area (Å²) in [7, 11) is 0. The van der Waals surface area contributed by atoms with Crippen LogP contribution in [0.5, 0.6) is 0 Å². The van der Waals surface area contributed by atoms with E-state index >= 15 is 0 Å². The molecule has 3 N–H and O–H groups in total. The second-order valence-corrected chi connectivity index (χ2v) is 4.62. The van der Waals surface area contributed by atoms with Crippen LogP contribution < -0.4 is 11.1 Å². The smallest absolute Gasteiger partial charge is 0.0405 e. The number of para-hydroxylation sites is 1. The van der Waals surface area contributed by atoms with E-state index in [1.807, 2.05) is 0 Å². The lowest BCUT2D eigenvalue weighted by Crippen LogP contribution is -2.26. The molecule has 2 atom stereocenters. The summed E-state index contributed by atoms with van der Waals surface area (Å²) in [5.74, 6) is 0.654. The molecule has 2 rings (SSSR count). The summed E-state index contributed by atoms with van der Waals surface area (Å²) in [6.07, 6.45) is 2.25. The van der Waals surface area contributed by atoms with E-state index in [1.54, 1.807) is 0 Å². The third-order valence-corrected chi connectivity index (χ3v) is 3.44.